The van der Waals surface area contributed by atoms with Crippen LogP contribution in [0.3, 0.4) is 0 Å². The summed E-state index contributed by atoms with van der Waals surface area (Å²) < 4.78 is 17.3. The monoisotopic (exact) mass is 635 g/mol. The van der Waals surface area contributed by atoms with Crippen molar-refractivity contribution in [1.29, 1.82) is 0 Å². The highest BCUT2D eigenvalue weighted by Gasteiger charge is 2.81. The molecule has 2 fully saturated rings. The number of rotatable bonds is 32. The molecule has 0 aromatic heterocycles. The molecule has 0 radical (unpaired) electrons. The van der Waals surface area contributed by atoms with Gasteiger partial charge in [0.15, 0.2) is 0 Å². The van der Waals surface area contributed by atoms with Crippen molar-refractivity contribution in [2.45, 2.75) is 231 Å². The number of carbonyl (C=O) groups is 2. The molecule has 0 aromatic carbocycles. The lowest BCUT2D eigenvalue weighted by molar-refractivity contribution is -0.155. The smallest absolute Gasteiger partial charge is 0.342 e. The van der Waals surface area contributed by atoms with Crippen molar-refractivity contribution in [2.75, 3.05) is 13.2 Å². The van der Waals surface area contributed by atoms with E-state index in [1.54, 1.807) is 0 Å². The Kier molecular flexibility index (Phi) is 23.1. The average Bonchev–Trinajstić information content (AvgIpc) is 3.77. The van der Waals surface area contributed by atoms with Gasteiger partial charge in [-0.1, -0.05) is 181 Å². The van der Waals surface area contributed by atoms with Crippen LogP contribution in [0.15, 0.2) is 0 Å². The van der Waals surface area contributed by atoms with Gasteiger partial charge in [0.05, 0.1) is 13.2 Å². The first-order chi connectivity index (χ1) is 22.1. The molecule has 1 aliphatic carbocycles. The summed E-state index contributed by atoms with van der Waals surface area (Å²) in [7, 11) is 0. The van der Waals surface area contributed by atoms with Crippen molar-refractivity contribution in [2.24, 2.45) is 0 Å². The molecule has 5 nitrogen and oxygen atoms in total. The van der Waals surface area contributed by atoms with E-state index in [1.165, 1.54) is 154 Å². The summed E-state index contributed by atoms with van der Waals surface area (Å²) >= 11 is 0. The van der Waals surface area contributed by atoms with Gasteiger partial charge in [0.25, 0.3) is 0 Å². The topological polar surface area (TPSA) is 65.1 Å². The lowest BCUT2D eigenvalue weighted by atomic mass is 9.79. The summed E-state index contributed by atoms with van der Waals surface area (Å²) in [6, 6.07) is 0. The molecule has 2 aliphatic rings. The molecule has 0 N–H and O–H groups in total. The molecule has 0 bridgehead atoms. The van der Waals surface area contributed by atoms with Gasteiger partial charge < -0.3 is 14.2 Å². The third-order valence-electron chi connectivity index (χ3n) is 10.4. The van der Waals surface area contributed by atoms with Crippen LogP contribution in [0.1, 0.15) is 219 Å². The molecule has 2 unspecified atom stereocenters. The summed E-state index contributed by atoms with van der Waals surface area (Å²) in [5.41, 5.74) is -2.18. The summed E-state index contributed by atoms with van der Waals surface area (Å²) in [5, 5.41) is 0. The van der Waals surface area contributed by atoms with Crippen LogP contribution in [0.5, 0.6) is 0 Å². The Balaban J connectivity index is 1.44. The largest absolute Gasteiger partial charge is 0.463 e. The van der Waals surface area contributed by atoms with E-state index < -0.39 is 11.2 Å². The maximum absolute atomic E-state index is 13.1. The van der Waals surface area contributed by atoms with Gasteiger partial charge in [-0.05, 0) is 38.5 Å². The third-order valence-corrected chi connectivity index (χ3v) is 10.4. The molecule has 1 saturated heterocycles. The van der Waals surface area contributed by atoms with Crippen molar-refractivity contribution in [1.82, 2.24) is 0 Å². The number of ether oxygens (including phenoxy) is 3. The van der Waals surface area contributed by atoms with Gasteiger partial charge in [-0.2, -0.15) is 0 Å². The first kappa shape index (κ1) is 40.1. The van der Waals surface area contributed by atoms with E-state index in [9.17, 15) is 9.59 Å². The van der Waals surface area contributed by atoms with Crippen LogP contribution in [0.4, 0.5) is 0 Å². The van der Waals surface area contributed by atoms with Crippen LogP contribution in [0.25, 0.3) is 0 Å². The van der Waals surface area contributed by atoms with Crippen LogP contribution in [0, 0.1) is 0 Å². The molecule has 1 saturated carbocycles. The molecular formula is C40H74O5. The molecule has 1 heterocycles. The fourth-order valence-corrected chi connectivity index (χ4v) is 7.30. The molecule has 0 spiro atoms. The van der Waals surface area contributed by atoms with Gasteiger partial charge in [-0.3, -0.25) is 0 Å². The van der Waals surface area contributed by atoms with Gasteiger partial charge >= 0.3 is 11.9 Å². The van der Waals surface area contributed by atoms with Crippen molar-refractivity contribution in [3.63, 3.8) is 0 Å². The molecule has 1 aliphatic heterocycles. The predicted molar refractivity (Wildman–Crippen MR) is 188 cm³/mol. The van der Waals surface area contributed by atoms with E-state index in [0.717, 1.165) is 38.5 Å². The normalized spacial score (nSPS) is 20.6. The van der Waals surface area contributed by atoms with E-state index in [2.05, 4.69) is 13.8 Å². The highest BCUT2D eigenvalue weighted by Crippen LogP contribution is 2.59. The fraction of sp³-hybridized carbons (Fsp3) is 0.950. The van der Waals surface area contributed by atoms with Crippen molar-refractivity contribution in [3.05, 3.63) is 0 Å². The van der Waals surface area contributed by atoms with E-state index in [1.807, 2.05) is 0 Å². The van der Waals surface area contributed by atoms with E-state index in [0.29, 0.717) is 26.1 Å². The molecule has 0 amide bonds. The first-order valence-electron chi connectivity index (χ1n) is 20.2. The van der Waals surface area contributed by atoms with Crippen LogP contribution in [-0.2, 0) is 23.8 Å². The second-order valence-electron chi connectivity index (χ2n) is 14.4. The Bertz CT molecular complexity index is 678. The maximum Gasteiger partial charge on any atom is 0.342 e. The maximum atomic E-state index is 13.1. The minimum absolute atomic E-state index is 0.342. The van der Waals surface area contributed by atoms with Crippen LogP contribution >= 0.6 is 0 Å². The van der Waals surface area contributed by atoms with Gasteiger partial charge in [-0.25, -0.2) is 9.59 Å². The summed E-state index contributed by atoms with van der Waals surface area (Å²) in [4.78, 5) is 26.1. The molecule has 2 atom stereocenters. The molecular weight excluding hydrogens is 560 g/mol. The van der Waals surface area contributed by atoms with Gasteiger partial charge in [0.2, 0.25) is 11.2 Å². The van der Waals surface area contributed by atoms with Crippen LogP contribution in [-0.4, -0.2) is 36.4 Å². The Morgan fingerprint density at radius 3 is 0.933 bits per heavy atom. The fourth-order valence-electron chi connectivity index (χ4n) is 7.30. The molecule has 264 valence electrons. The van der Waals surface area contributed by atoms with Crippen molar-refractivity contribution >= 4 is 11.9 Å². The summed E-state index contributed by atoms with van der Waals surface area (Å²) in [6.07, 6.45) is 39.4. The van der Waals surface area contributed by atoms with E-state index in [-0.39, 0.29) is 11.9 Å². The summed E-state index contributed by atoms with van der Waals surface area (Å²) in [5.74, 6) is -0.685. The molecule has 45 heavy (non-hydrogen) atoms. The SMILES string of the molecule is CCCCCCCCCCCCCCCCOC(=O)C12CCCCC1(C(=O)OCCCCCCCCCCCCCCCC)O2. The highest BCUT2D eigenvalue weighted by atomic mass is 16.7. The number of esters is 2. The van der Waals surface area contributed by atoms with Gasteiger partial charge in [0, 0.05) is 0 Å². The average molecular weight is 635 g/mol. The standard InChI is InChI=1S/C40H74O5/c1-3-5-7-9-11-13-15-17-19-21-23-25-27-31-35-43-37(41)39-33-29-30-34-40(39,45-39)38(42)44-36-32-28-26-24-22-20-18-16-14-12-10-8-6-4-2/h3-36H2,1-2H3. The number of unbranched alkanes of at least 4 members (excludes halogenated alkanes) is 26. The quantitative estimate of drug-likeness (QED) is 0.0418. The van der Waals surface area contributed by atoms with Crippen molar-refractivity contribution < 1.29 is 23.8 Å². The number of hydrogen-bond acceptors (Lipinski definition) is 5. The van der Waals surface area contributed by atoms with Crippen LogP contribution < -0.4 is 0 Å². The number of fused-ring (bicyclic) bond motifs is 1. The number of hydrogen-bond donors (Lipinski definition) is 0. The zero-order chi connectivity index (χ0) is 32.3. The molecule has 0 aromatic rings. The minimum atomic E-state index is -1.09. The van der Waals surface area contributed by atoms with E-state index >= 15 is 0 Å². The number of carbonyl (C=O) groups excluding carboxylic acids is 2. The lowest BCUT2D eigenvalue weighted by Crippen LogP contribution is -2.44. The molecule has 5 heteroatoms. The predicted octanol–water partition coefficient (Wildman–Crippen LogP) is 12.1. The second kappa shape index (κ2) is 25.9. The third kappa shape index (κ3) is 16.0. The molecule has 2 rings (SSSR count). The van der Waals surface area contributed by atoms with Gasteiger partial charge in [0.1, 0.15) is 0 Å². The zero-order valence-electron chi connectivity index (χ0n) is 30.1. The van der Waals surface area contributed by atoms with Crippen molar-refractivity contribution in [3.8, 4) is 0 Å². The minimum Gasteiger partial charge on any atom is -0.463 e. The Morgan fingerprint density at radius 1 is 0.422 bits per heavy atom. The highest BCUT2D eigenvalue weighted by molar-refractivity contribution is 5.98. The number of epoxide rings is 1. The zero-order valence-corrected chi connectivity index (χ0v) is 30.1. The Morgan fingerprint density at radius 2 is 0.667 bits per heavy atom. The lowest BCUT2D eigenvalue weighted by Gasteiger charge is -2.22. The van der Waals surface area contributed by atoms with E-state index in [4.69, 9.17) is 14.2 Å². The van der Waals surface area contributed by atoms with Gasteiger partial charge in [-0.15, -0.1) is 0 Å². The Hall–Kier alpha value is -1.10. The first-order valence-corrected chi connectivity index (χ1v) is 20.2. The van der Waals surface area contributed by atoms with Crippen LogP contribution in [0.2, 0.25) is 0 Å². The second-order valence-corrected chi connectivity index (χ2v) is 14.4. The Labute approximate surface area is 279 Å². The summed E-state index contributed by atoms with van der Waals surface area (Å²) in [6.45, 7) is 5.40.